The number of hydrogen-bond donors (Lipinski definition) is 2. The quantitative estimate of drug-likeness (QED) is 0.185. The lowest BCUT2D eigenvalue weighted by molar-refractivity contribution is -0.276. The number of rotatable bonds is 15. The third kappa shape index (κ3) is 12.0. The Morgan fingerprint density at radius 3 is 1.17 bits per heavy atom. The van der Waals surface area contributed by atoms with Gasteiger partial charge in [-0.2, -0.15) is 0 Å². The summed E-state index contributed by atoms with van der Waals surface area (Å²) in [6.07, 6.45) is -2.36. The summed E-state index contributed by atoms with van der Waals surface area (Å²) in [5.41, 5.74) is 0. The smallest absolute Gasteiger partial charge is 0.504 e. The molecule has 0 amide bonds. The van der Waals surface area contributed by atoms with E-state index < -0.39 is 35.7 Å². The molecule has 0 aliphatic rings. The Bertz CT molecular complexity index is 857. The minimum atomic E-state index is -4.88. The monoisotopic (exact) mass is 526 g/mol. The number of alkyl halides is 6. The number of ether oxygens (including phenoxy) is 4. The van der Waals surface area contributed by atoms with Crippen molar-refractivity contribution in [3.8, 4) is 34.5 Å². The first-order chi connectivity index (χ1) is 16.9. The van der Waals surface area contributed by atoms with E-state index in [9.17, 15) is 36.6 Å². The normalized spacial score (nSPS) is 11.8. The molecule has 2 rings (SSSR count). The van der Waals surface area contributed by atoms with Gasteiger partial charge in [-0.05, 0) is 37.1 Å². The zero-order valence-corrected chi connectivity index (χ0v) is 19.3. The Hall–Kier alpha value is -3.18. The molecule has 0 aromatic heterocycles. The predicted octanol–water partition coefficient (Wildman–Crippen LogP) is 7.47. The first-order valence-corrected chi connectivity index (χ1v) is 11.4. The van der Waals surface area contributed by atoms with Crippen molar-refractivity contribution in [2.24, 2.45) is 0 Å². The van der Waals surface area contributed by atoms with Gasteiger partial charge in [0.15, 0.2) is 23.0 Å². The van der Waals surface area contributed by atoms with Crippen molar-refractivity contribution >= 4 is 0 Å². The third-order valence-corrected chi connectivity index (χ3v) is 4.89. The van der Waals surface area contributed by atoms with Crippen LogP contribution in [-0.4, -0.2) is 36.2 Å². The highest BCUT2D eigenvalue weighted by Gasteiger charge is 2.33. The van der Waals surface area contributed by atoms with Crippen molar-refractivity contribution in [2.75, 3.05) is 13.2 Å². The van der Waals surface area contributed by atoms with E-state index in [0.717, 1.165) is 75.6 Å². The molecule has 0 saturated heterocycles. The lowest BCUT2D eigenvalue weighted by atomic mass is 10.1. The second-order valence-electron chi connectivity index (χ2n) is 7.88. The third-order valence-electron chi connectivity index (χ3n) is 4.89. The molecule has 0 heterocycles. The number of aromatic hydroxyl groups is 2. The molecule has 0 radical (unpaired) electrons. The molecular formula is C24H28F6O6. The van der Waals surface area contributed by atoms with E-state index in [1.807, 2.05) is 0 Å². The van der Waals surface area contributed by atoms with E-state index in [0.29, 0.717) is 13.2 Å². The summed E-state index contributed by atoms with van der Waals surface area (Å²) < 4.78 is 91.4. The van der Waals surface area contributed by atoms with Crippen LogP contribution < -0.4 is 18.9 Å². The average Bonchev–Trinajstić information content (AvgIpc) is 2.76. The van der Waals surface area contributed by atoms with Crippen LogP contribution in [0, 0.1) is 0 Å². The van der Waals surface area contributed by atoms with Gasteiger partial charge in [0.05, 0.1) is 13.2 Å². The number of phenolic OH excluding ortho intramolecular Hbond substituents is 2. The summed E-state index contributed by atoms with van der Waals surface area (Å²) in [6.45, 7) is 0.740. The molecule has 12 heteroatoms. The number of benzene rings is 2. The molecule has 2 N–H and O–H groups in total. The summed E-state index contributed by atoms with van der Waals surface area (Å²) in [4.78, 5) is 0. The van der Waals surface area contributed by atoms with Gasteiger partial charge < -0.3 is 29.2 Å². The summed E-state index contributed by atoms with van der Waals surface area (Å²) in [7, 11) is 0. The molecule has 2 aromatic carbocycles. The van der Waals surface area contributed by atoms with Gasteiger partial charge in [-0.15, -0.1) is 26.3 Å². The summed E-state index contributed by atoms with van der Waals surface area (Å²) in [5.74, 6) is -2.16. The molecule has 0 aliphatic carbocycles. The largest absolute Gasteiger partial charge is 0.573 e. The summed E-state index contributed by atoms with van der Waals surface area (Å²) in [6, 6.07) is 6.73. The van der Waals surface area contributed by atoms with Crippen LogP contribution in [-0.2, 0) is 0 Å². The Morgan fingerprint density at radius 1 is 0.528 bits per heavy atom. The highest BCUT2D eigenvalue weighted by Crippen LogP contribution is 2.35. The van der Waals surface area contributed by atoms with E-state index in [2.05, 4.69) is 9.47 Å². The minimum absolute atomic E-state index is 0.255. The van der Waals surface area contributed by atoms with Crippen molar-refractivity contribution in [3.63, 3.8) is 0 Å². The van der Waals surface area contributed by atoms with Crippen molar-refractivity contribution < 1.29 is 55.5 Å². The van der Waals surface area contributed by atoms with Gasteiger partial charge >= 0.3 is 12.7 Å². The Kier molecular flexibility index (Phi) is 11.1. The minimum Gasteiger partial charge on any atom is -0.504 e. The molecule has 36 heavy (non-hydrogen) atoms. The molecule has 0 bridgehead atoms. The van der Waals surface area contributed by atoms with Gasteiger partial charge in [0.25, 0.3) is 0 Å². The standard InChI is InChI=1S/C24H28F6O6/c25-23(26,27)35-21-11-9-17(15-19(21)31)33-13-7-5-3-1-2-4-6-8-14-34-18-10-12-22(20(32)16-18)36-24(28,29)30/h9-12,15-16,31-32H,1-8,13-14H2. The SMILES string of the molecule is Oc1cc(OCCCCCCCCCCOc2ccc(OC(F)(F)F)c(O)c2)ccc1OC(F)(F)F. The zero-order chi connectivity index (χ0) is 26.6. The van der Waals surface area contributed by atoms with Gasteiger partial charge in [0, 0.05) is 12.1 Å². The summed E-state index contributed by atoms with van der Waals surface area (Å²) >= 11 is 0. The van der Waals surface area contributed by atoms with Crippen molar-refractivity contribution in [1.29, 1.82) is 0 Å². The Labute approximate surface area is 204 Å². The Balaban J connectivity index is 1.47. The van der Waals surface area contributed by atoms with Crippen molar-refractivity contribution in [1.82, 2.24) is 0 Å². The number of unbranched alkanes of at least 4 members (excludes halogenated alkanes) is 7. The maximum absolute atomic E-state index is 12.2. The molecular weight excluding hydrogens is 498 g/mol. The van der Waals surface area contributed by atoms with Crippen molar-refractivity contribution in [3.05, 3.63) is 36.4 Å². The van der Waals surface area contributed by atoms with Gasteiger partial charge in [-0.1, -0.05) is 38.5 Å². The van der Waals surface area contributed by atoms with Crippen molar-refractivity contribution in [2.45, 2.75) is 64.1 Å². The number of phenols is 2. The van der Waals surface area contributed by atoms with Gasteiger partial charge in [-0.25, -0.2) is 0 Å². The van der Waals surface area contributed by atoms with Crippen LogP contribution in [0.5, 0.6) is 34.5 Å². The molecule has 6 nitrogen and oxygen atoms in total. The van der Waals surface area contributed by atoms with E-state index in [1.54, 1.807) is 0 Å². The van der Waals surface area contributed by atoms with E-state index in [4.69, 9.17) is 9.47 Å². The number of hydrogen-bond acceptors (Lipinski definition) is 6. The Morgan fingerprint density at radius 2 is 0.861 bits per heavy atom. The topological polar surface area (TPSA) is 77.4 Å². The van der Waals surface area contributed by atoms with Crippen LogP contribution >= 0.6 is 0 Å². The fourth-order valence-electron chi connectivity index (χ4n) is 3.24. The fraction of sp³-hybridized carbons (Fsp3) is 0.500. The van der Waals surface area contributed by atoms with Gasteiger partial charge in [0.2, 0.25) is 0 Å². The fourth-order valence-corrected chi connectivity index (χ4v) is 3.24. The molecule has 0 aliphatic heterocycles. The van der Waals surface area contributed by atoms with Crippen LogP contribution in [0.2, 0.25) is 0 Å². The lowest BCUT2D eigenvalue weighted by Crippen LogP contribution is -2.17. The van der Waals surface area contributed by atoms with Crippen LogP contribution in [0.3, 0.4) is 0 Å². The lowest BCUT2D eigenvalue weighted by Gasteiger charge is -2.12. The van der Waals surface area contributed by atoms with Crippen LogP contribution in [0.4, 0.5) is 26.3 Å². The van der Waals surface area contributed by atoms with E-state index in [-0.39, 0.29) is 11.5 Å². The van der Waals surface area contributed by atoms with E-state index in [1.165, 1.54) is 12.1 Å². The van der Waals surface area contributed by atoms with Gasteiger partial charge in [-0.3, -0.25) is 0 Å². The molecule has 2 aromatic rings. The average molecular weight is 526 g/mol. The second-order valence-corrected chi connectivity index (χ2v) is 7.88. The highest BCUT2D eigenvalue weighted by atomic mass is 19.4. The molecule has 0 unspecified atom stereocenters. The maximum Gasteiger partial charge on any atom is 0.573 e. The first-order valence-electron chi connectivity index (χ1n) is 11.4. The summed E-state index contributed by atoms with van der Waals surface area (Å²) in [5, 5.41) is 19.2. The highest BCUT2D eigenvalue weighted by molar-refractivity contribution is 5.45. The predicted molar refractivity (Wildman–Crippen MR) is 118 cm³/mol. The van der Waals surface area contributed by atoms with Gasteiger partial charge in [0.1, 0.15) is 11.5 Å². The van der Waals surface area contributed by atoms with Crippen LogP contribution in [0.25, 0.3) is 0 Å². The molecule has 202 valence electrons. The van der Waals surface area contributed by atoms with Crippen LogP contribution in [0.1, 0.15) is 51.4 Å². The number of halogens is 6. The first kappa shape index (κ1) is 29.1. The molecule has 0 spiro atoms. The second kappa shape index (κ2) is 13.8. The molecule has 0 fully saturated rings. The zero-order valence-electron chi connectivity index (χ0n) is 19.3. The molecule has 0 saturated carbocycles. The maximum atomic E-state index is 12.2. The van der Waals surface area contributed by atoms with Crippen LogP contribution in [0.15, 0.2) is 36.4 Å². The van der Waals surface area contributed by atoms with E-state index >= 15 is 0 Å². The molecule has 0 atom stereocenters.